The second kappa shape index (κ2) is 10.7. The lowest BCUT2D eigenvalue weighted by atomic mass is 10.1. The Kier molecular flexibility index (Phi) is 7.98. The molecule has 1 aromatic heterocycles. The molecule has 0 spiro atoms. The Labute approximate surface area is 201 Å². The zero-order valence-electron chi connectivity index (χ0n) is 19.6. The van der Waals surface area contributed by atoms with Crippen molar-refractivity contribution in [3.8, 4) is 17.0 Å². The Morgan fingerprint density at radius 1 is 1.26 bits per heavy atom. The molecule has 8 nitrogen and oxygen atoms in total. The van der Waals surface area contributed by atoms with Gasteiger partial charge in [-0.15, -0.1) is 0 Å². The highest BCUT2D eigenvalue weighted by Gasteiger charge is 2.32. The number of amides is 1. The van der Waals surface area contributed by atoms with Crippen molar-refractivity contribution in [2.45, 2.75) is 51.7 Å². The third kappa shape index (κ3) is 6.93. The molecule has 1 saturated heterocycles. The molecule has 0 aliphatic carbocycles. The average molecular weight is 492 g/mol. The van der Waals surface area contributed by atoms with Crippen molar-refractivity contribution < 1.29 is 32.2 Å². The van der Waals surface area contributed by atoms with Gasteiger partial charge >= 0.3 is 12.5 Å². The minimum Gasteiger partial charge on any atom is -0.489 e. The number of hydrogen-bond donors (Lipinski definition) is 2. The van der Waals surface area contributed by atoms with Crippen molar-refractivity contribution in [3.05, 3.63) is 47.9 Å². The molecule has 2 heterocycles. The fourth-order valence-electron chi connectivity index (χ4n) is 3.55. The van der Waals surface area contributed by atoms with Gasteiger partial charge in [-0.25, -0.2) is 9.18 Å². The Morgan fingerprint density at radius 2 is 2.00 bits per heavy atom. The first-order chi connectivity index (χ1) is 16.4. The molecule has 0 radical (unpaired) electrons. The summed E-state index contributed by atoms with van der Waals surface area (Å²) in [4.78, 5) is 18.4. The quantitative estimate of drug-likeness (QED) is 0.423. The molecule has 2 aromatic rings. The normalized spacial score (nSPS) is 15.7. The largest absolute Gasteiger partial charge is 0.489 e. The number of benzene rings is 1. The lowest BCUT2D eigenvalue weighted by Gasteiger charge is -2.28. The highest BCUT2D eigenvalue weighted by Crippen LogP contribution is 2.30. The van der Waals surface area contributed by atoms with Gasteiger partial charge < -0.3 is 19.1 Å². The number of carbonyl (C=O) groups is 1. The minimum atomic E-state index is -3.20. The molecule has 1 unspecified atom stereocenters. The zero-order valence-corrected chi connectivity index (χ0v) is 19.6. The SMILES string of the molecule is CC(C)(C)OC(=O)N1CCCC1COc1cccnc1-c1cc(F)cc(C(=N)OC(=N)C(F)F)c1. The minimum absolute atomic E-state index is 0.145. The summed E-state index contributed by atoms with van der Waals surface area (Å²) in [6.45, 7) is 6.09. The Hall–Kier alpha value is -3.63. The average Bonchev–Trinajstić information content (AvgIpc) is 3.25. The number of carbonyl (C=O) groups excluding carboxylic acids is 1. The number of likely N-dealkylation sites (tertiary alicyclic amines) is 1. The third-order valence-electron chi connectivity index (χ3n) is 5.05. The summed E-state index contributed by atoms with van der Waals surface area (Å²) < 4.78 is 55.4. The number of pyridine rings is 1. The Morgan fingerprint density at radius 3 is 2.69 bits per heavy atom. The molecule has 0 saturated carbocycles. The lowest BCUT2D eigenvalue weighted by molar-refractivity contribution is 0.0187. The maximum atomic E-state index is 14.3. The number of aromatic nitrogens is 1. The summed E-state index contributed by atoms with van der Waals surface area (Å²) in [5.74, 6) is -2.65. The van der Waals surface area contributed by atoms with Gasteiger partial charge in [0.1, 0.15) is 29.5 Å². The van der Waals surface area contributed by atoms with Crippen LogP contribution in [0.1, 0.15) is 39.2 Å². The van der Waals surface area contributed by atoms with E-state index in [0.29, 0.717) is 12.3 Å². The summed E-state index contributed by atoms with van der Waals surface area (Å²) in [7, 11) is 0. The van der Waals surface area contributed by atoms with Gasteiger partial charge in [0.2, 0.25) is 5.90 Å². The second-order valence-electron chi connectivity index (χ2n) is 8.96. The highest BCUT2D eigenvalue weighted by atomic mass is 19.3. The second-order valence-corrected chi connectivity index (χ2v) is 8.96. The van der Waals surface area contributed by atoms with E-state index in [4.69, 9.17) is 20.3 Å². The van der Waals surface area contributed by atoms with E-state index < -0.39 is 35.7 Å². The maximum Gasteiger partial charge on any atom is 0.410 e. The van der Waals surface area contributed by atoms with Crippen LogP contribution in [0.25, 0.3) is 11.3 Å². The molecule has 3 rings (SSSR count). The summed E-state index contributed by atoms with van der Waals surface area (Å²) in [5, 5.41) is 14.9. The zero-order chi connectivity index (χ0) is 25.8. The number of halogens is 3. The number of nitrogens with one attached hydrogen (secondary N) is 2. The first-order valence-corrected chi connectivity index (χ1v) is 11.0. The van der Waals surface area contributed by atoms with E-state index >= 15 is 0 Å². The van der Waals surface area contributed by atoms with Gasteiger partial charge in [-0.2, -0.15) is 8.78 Å². The van der Waals surface area contributed by atoms with Crippen LogP contribution in [0.4, 0.5) is 18.0 Å². The van der Waals surface area contributed by atoms with Crippen LogP contribution in [0.15, 0.2) is 36.5 Å². The summed E-state index contributed by atoms with van der Waals surface area (Å²) in [5.41, 5.74) is -0.286. The lowest BCUT2D eigenvalue weighted by Crippen LogP contribution is -2.42. The van der Waals surface area contributed by atoms with Crippen molar-refractivity contribution in [3.63, 3.8) is 0 Å². The van der Waals surface area contributed by atoms with Gasteiger partial charge in [0.25, 0.3) is 5.90 Å². The molecule has 1 atom stereocenters. The van der Waals surface area contributed by atoms with Crippen LogP contribution in [0.2, 0.25) is 0 Å². The van der Waals surface area contributed by atoms with E-state index in [1.54, 1.807) is 37.8 Å². The van der Waals surface area contributed by atoms with Crippen molar-refractivity contribution in [2.75, 3.05) is 13.2 Å². The van der Waals surface area contributed by atoms with Crippen molar-refractivity contribution >= 4 is 17.9 Å². The molecule has 0 bridgehead atoms. The molecule has 188 valence electrons. The number of nitrogens with zero attached hydrogens (tertiary/aromatic N) is 2. The van der Waals surface area contributed by atoms with Crippen molar-refractivity contribution in [2.24, 2.45) is 0 Å². The predicted octanol–water partition coefficient (Wildman–Crippen LogP) is 5.25. The van der Waals surface area contributed by atoms with Crippen LogP contribution >= 0.6 is 0 Å². The molecule has 1 amide bonds. The third-order valence-corrected chi connectivity index (χ3v) is 5.05. The van der Waals surface area contributed by atoms with Crippen LogP contribution in [0, 0.1) is 16.6 Å². The van der Waals surface area contributed by atoms with Crippen LogP contribution < -0.4 is 4.74 Å². The molecule has 1 aromatic carbocycles. The molecular formula is C24H27F3N4O4. The predicted molar refractivity (Wildman–Crippen MR) is 123 cm³/mol. The number of alkyl halides is 2. The van der Waals surface area contributed by atoms with Crippen LogP contribution in [0.5, 0.6) is 5.75 Å². The molecule has 11 heteroatoms. The van der Waals surface area contributed by atoms with Gasteiger partial charge in [-0.1, -0.05) is 0 Å². The molecular weight excluding hydrogens is 465 g/mol. The van der Waals surface area contributed by atoms with Crippen molar-refractivity contribution in [1.29, 1.82) is 10.8 Å². The number of ether oxygens (including phenoxy) is 3. The molecule has 35 heavy (non-hydrogen) atoms. The number of rotatable bonds is 6. The van der Waals surface area contributed by atoms with Crippen LogP contribution in [-0.2, 0) is 9.47 Å². The van der Waals surface area contributed by atoms with Crippen molar-refractivity contribution in [1.82, 2.24) is 9.88 Å². The first-order valence-electron chi connectivity index (χ1n) is 11.0. The van der Waals surface area contributed by atoms with Gasteiger partial charge in [-0.05, 0) is 63.9 Å². The Bertz CT molecular complexity index is 1100. The van der Waals surface area contributed by atoms with E-state index in [9.17, 15) is 18.0 Å². The summed E-state index contributed by atoms with van der Waals surface area (Å²) in [6, 6.07) is 6.48. The van der Waals surface area contributed by atoms with Gasteiger partial charge in [0.05, 0.1) is 6.04 Å². The smallest absolute Gasteiger partial charge is 0.410 e. The van der Waals surface area contributed by atoms with E-state index in [1.165, 1.54) is 12.3 Å². The van der Waals surface area contributed by atoms with Gasteiger partial charge in [0.15, 0.2) is 0 Å². The summed E-state index contributed by atoms with van der Waals surface area (Å²) in [6.07, 6.45) is -0.615. The Balaban J connectivity index is 1.78. The first kappa shape index (κ1) is 26.0. The monoisotopic (exact) mass is 492 g/mol. The molecule has 1 fully saturated rings. The topological polar surface area (TPSA) is 109 Å². The maximum absolute atomic E-state index is 14.3. The van der Waals surface area contributed by atoms with Gasteiger partial charge in [-0.3, -0.25) is 15.8 Å². The fraction of sp³-hybridized carbons (Fsp3) is 0.417. The standard InChI is InChI=1S/C24H27F3N4O4/c1-24(2,3)35-23(32)31-9-5-6-17(31)13-33-18-7-4-8-30-19(18)14-10-15(12-16(25)11-14)21(28)34-22(29)20(26)27/h4,7-8,10-12,17,20,28-29H,5-6,9,13H2,1-3H3. The van der Waals surface area contributed by atoms with Gasteiger partial charge in [0, 0.05) is 23.9 Å². The van der Waals surface area contributed by atoms with Crippen LogP contribution in [0.3, 0.4) is 0 Å². The van der Waals surface area contributed by atoms with E-state index in [-0.39, 0.29) is 29.5 Å². The van der Waals surface area contributed by atoms with E-state index in [0.717, 1.165) is 25.0 Å². The fourth-order valence-corrected chi connectivity index (χ4v) is 3.55. The van der Waals surface area contributed by atoms with E-state index in [1.807, 2.05) is 0 Å². The number of hydrogen-bond acceptors (Lipinski definition) is 7. The van der Waals surface area contributed by atoms with Crippen LogP contribution in [-0.4, -0.2) is 59.0 Å². The van der Waals surface area contributed by atoms with E-state index in [2.05, 4.69) is 9.72 Å². The highest BCUT2D eigenvalue weighted by molar-refractivity contribution is 6.00. The molecule has 1 aliphatic heterocycles. The molecule has 2 N–H and O–H groups in total. The summed E-state index contributed by atoms with van der Waals surface area (Å²) >= 11 is 0. The molecule has 1 aliphatic rings.